The topological polar surface area (TPSA) is 12.9 Å². The molecule has 1 heteroatoms. The van der Waals surface area contributed by atoms with Crippen LogP contribution in [0, 0.1) is 0 Å². The van der Waals surface area contributed by atoms with Crippen LogP contribution in [-0.4, -0.2) is 4.98 Å². The minimum absolute atomic E-state index is 1.08. The Balaban J connectivity index is 2.61. The van der Waals surface area contributed by atoms with Gasteiger partial charge in [-0.15, -0.1) is 0 Å². The maximum atomic E-state index is 4.25. The van der Waals surface area contributed by atoms with Crippen LogP contribution in [0.1, 0.15) is 17.7 Å². The second-order valence-corrected chi connectivity index (χ2v) is 2.60. The van der Waals surface area contributed by atoms with Crippen molar-refractivity contribution in [2.45, 2.75) is 12.8 Å². The molecule has 1 aromatic heterocycles. The van der Waals surface area contributed by atoms with Crippen molar-refractivity contribution >= 4 is 5.57 Å². The fourth-order valence-corrected chi connectivity index (χ4v) is 1.36. The van der Waals surface area contributed by atoms with E-state index in [0.717, 1.165) is 12.8 Å². The van der Waals surface area contributed by atoms with Gasteiger partial charge in [-0.25, -0.2) is 0 Å². The van der Waals surface area contributed by atoms with Gasteiger partial charge in [0.1, 0.15) is 0 Å². The quantitative estimate of drug-likeness (QED) is 0.525. The molecule has 0 aromatic carbocycles. The molecule has 0 aliphatic heterocycles. The van der Waals surface area contributed by atoms with Crippen LogP contribution in [-0.2, 0) is 6.42 Å². The average Bonchev–Trinajstić information content (AvgIpc) is 2.34. The molecule has 0 fully saturated rings. The molecule has 50 valence electrons. The monoisotopic (exact) mass is 131 g/mol. The van der Waals surface area contributed by atoms with E-state index in [1.807, 2.05) is 12.3 Å². The van der Waals surface area contributed by atoms with Crippen LogP contribution in [0.25, 0.3) is 5.57 Å². The Morgan fingerprint density at radius 3 is 3.10 bits per heavy atom. The number of hydrogen-bond acceptors (Lipinski definition) is 1. The summed E-state index contributed by atoms with van der Waals surface area (Å²) >= 11 is 0. The second kappa shape index (κ2) is 1.94. The lowest BCUT2D eigenvalue weighted by atomic mass is 10.2. The van der Waals surface area contributed by atoms with Crippen LogP contribution < -0.4 is 0 Å². The number of fused-ring (bicyclic) bond motifs is 1. The summed E-state index contributed by atoms with van der Waals surface area (Å²) in [6, 6.07) is 4.06. The summed E-state index contributed by atoms with van der Waals surface area (Å²) < 4.78 is 0. The highest BCUT2D eigenvalue weighted by molar-refractivity contribution is 5.68. The highest BCUT2D eigenvalue weighted by Crippen LogP contribution is 2.28. The number of allylic oxidation sites excluding steroid dienone is 1. The SMILES string of the molecule is C=C1CCc2ncccc21. The van der Waals surface area contributed by atoms with Crippen LogP contribution in [0.2, 0.25) is 0 Å². The van der Waals surface area contributed by atoms with Gasteiger partial charge in [-0.05, 0) is 30.0 Å². The van der Waals surface area contributed by atoms with E-state index in [2.05, 4.69) is 17.6 Å². The zero-order valence-electron chi connectivity index (χ0n) is 5.80. The first-order valence-corrected chi connectivity index (χ1v) is 3.50. The van der Waals surface area contributed by atoms with Gasteiger partial charge in [0.15, 0.2) is 0 Å². The predicted molar refractivity (Wildman–Crippen MR) is 41.6 cm³/mol. The number of rotatable bonds is 0. The molecule has 10 heavy (non-hydrogen) atoms. The fourth-order valence-electron chi connectivity index (χ4n) is 1.36. The second-order valence-electron chi connectivity index (χ2n) is 2.60. The Morgan fingerprint density at radius 1 is 1.40 bits per heavy atom. The molecular weight excluding hydrogens is 122 g/mol. The summed E-state index contributed by atoms with van der Waals surface area (Å²) in [6.07, 6.45) is 4.01. The van der Waals surface area contributed by atoms with Gasteiger partial charge < -0.3 is 0 Å². The van der Waals surface area contributed by atoms with E-state index >= 15 is 0 Å². The first kappa shape index (κ1) is 5.66. The lowest BCUT2D eigenvalue weighted by Crippen LogP contribution is -1.83. The van der Waals surface area contributed by atoms with Crippen molar-refractivity contribution in [3.63, 3.8) is 0 Å². The van der Waals surface area contributed by atoms with E-state index in [9.17, 15) is 0 Å². The van der Waals surface area contributed by atoms with E-state index in [-0.39, 0.29) is 0 Å². The molecule has 0 radical (unpaired) electrons. The van der Waals surface area contributed by atoms with E-state index in [1.54, 1.807) is 0 Å². The highest BCUT2D eigenvalue weighted by Gasteiger charge is 2.13. The molecule has 0 atom stereocenters. The van der Waals surface area contributed by atoms with Crippen molar-refractivity contribution in [3.05, 3.63) is 36.2 Å². The van der Waals surface area contributed by atoms with Crippen molar-refractivity contribution in [3.8, 4) is 0 Å². The summed E-state index contributed by atoms with van der Waals surface area (Å²) in [7, 11) is 0. The smallest absolute Gasteiger partial charge is 0.0481 e. The maximum absolute atomic E-state index is 4.25. The Kier molecular flexibility index (Phi) is 1.10. The zero-order valence-corrected chi connectivity index (χ0v) is 5.80. The standard InChI is InChI=1S/C9H9N/c1-7-4-5-9-8(7)3-2-6-10-9/h2-3,6H,1,4-5H2. The average molecular weight is 131 g/mol. The van der Waals surface area contributed by atoms with Crippen LogP contribution in [0.5, 0.6) is 0 Å². The third-order valence-electron chi connectivity index (χ3n) is 1.93. The summed E-state index contributed by atoms with van der Waals surface area (Å²) in [5, 5.41) is 0. The highest BCUT2D eigenvalue weighted by atomic mass is 14.7. The minimum atomic E-state index is 1.08. The largest absolute Gasteiger partial charge is 0.261 e. The molecule has 1 nitrogen and oxygen atoms in total. The Morgan fingerprint density at radius 2 is 2.30 bits per heavy atom. The molecule has 1 heterocycles. The van der Waals surface area contributed by atoms with E-state index in [0.29, 0.717) is 0 Å². The van der Waals surface area contributed by atoms with Crippen LogP contribution >= 0.6 is 0 Å². The first-order valence-electron chi connectivity index (χ1n) is 3.50. The number of hydrogen-bond donors (Lipinski definition) is 0. The lowest BCUT2D eigenvalue weighted by molar-refractivity contribution is 1.01. The minimum Gasteiger partial charge on any atom is -0.261 e. The molecule has 0 spiro atoms. The predicted octanol–water partition coefficient (Wildman–Crippen LogP) is 2.04. The third-order valence-corrected chi connectivity index (χ3v) is 1.93. The molecule has 0 unspecified atom stereocenters. The van der Waals surface area contributed by atoms with Gasteiger partial charge in [0.25, 0.3) is 0 Å². The normalized spacial score (nSPS) is 15.4. The van der Waals surface area contributed by atoms with Crippen molar-refractivity contribution in [1.29, 1.82) is 0 Å². The maximum Gasteiger partial charge on any atom is 0.0481 e. The molecule has 0 N–H and O–H groups in total. The van der Waals surface area contributed by atoms with E-state index in [4.69, 9.17) is 0 Å². The Hall–Kier alpha value is -1.11. The molecule has 1 aliphatic carbocycles. The summed E-state index contributed by atoms with van der Waals surface area (Å²) in [6.45, 7) is 3.96. The van der Waals surface area contributed by atoms with E-state index in [1.165, 1.54) is 16.8 Å². The Labute approximate surface area is 60.4 Å². The van der Waals surface area contributed by atoms with Crippen molar-refractivity contribution < 1.29 is 0 Å². The fraction of sp³-hybridized carbons (Fsp3) is 0.222. The molecule has 0 saturated heterocycles. The van der Waals surface area contributed by atoms with E-state index < -0.39 is 0 Å². The van der Waals surface area contributed by atoms with Crippen LogP contribution in [0.4, 0.5) is 0 Å². The third kappa shape index (κ3) is 0.670. The summed E-state index contributed by atoms with van der Waals surface area (Å²) in [5.74, 6) is 0. The molecule has 0 saturated carbocycles. The molecule has 1 aliphatic rings. The first-order chi connectivity index (χ1) is 4.88. The van der Waals surface area contributed by atoms with Gasteiger partial charge in [-0.3, -0.25) is 4.98 Å². The molecule has 0 bridgehead atoms. The Bertz CT molecular complexity index is 276. The molecular formula is C9H9N. The number of aromatic nitrogens is 1. The van der Waals surface area contributed by atoms with Gasteiger partial charge in [0, 0.05) is 11.9 Å². The van der Waals surface area contributed by atoms with Gasteiger partial charge in [0.05, 0.1) is 0 Å². The summed E-state index contributed by atoms with van der Waals surface area (Å²) in [5.41, 5.74) is 3.72. The molecule has 2 rings (SSSR count). The molecule has 0 amide bonds. The van der Waals surface area contributed by atoms with Gasteiger partial charge in [0.2, 0.25) is 0 Å². The number of nitrogens with zero attached hydrogens (tertiary/aromatic N) is 1. The van der Waals surface area contributed by atoms with Crippen molar-refractivity contribution in [2.24, 2.45) is 0 Å². The van der Waals surface area contributed by atoms with Crippen molar-refractivity contribution in [2.75, 3.05) is 0 Å². The van der Waals surface area contributed by atoms with Gasteiger partial charge >= 0.3 is 0 Å². The number of aryl methyl sites for hydroxylation is 1. The number of pyridine rings is 1. The van der Waals surface area contributed by atoms with Crippen LogP contribution in [0.3, 0.4) is 0 Å². The molecule has 1 aromatic rings. The summed E-state index contributed by atoms with van der Waals surface area (Å²) in [4.78, 5) is 4.25. The van der Waals surface area contributed by atoms with Crippen LogP contribution in [0.15, 0.2) is 24.9 Å². The van der Waals surface area contributed by atoms with Gasteiger partial charge in [-0.2, -0.15) is 0 Å². The van der Waals surface area contributed by atoms with Gasteiger partial charge in [-0.1, -0.05) is 12.6 Å². The van der Waals surface area contributed by atoms with Crippen molar-refractivity contribution in [1.82, 2.24) is 4.98 Å². The zero-order chi connectivity index (χ0) is 6.97. The lowest BCUT2D eigenvalue weighted by Gasteiger charge is -1.94.